The molecular weight excluding hydrogens is 268 g/mol. The first kappa shape index (κ1) is 15.4. The van der Waals surface area contributed by atoms with Crippen LogP contribution < -0.4 is 10.1 Å². The second-order valence-corrected chi connectivity index (χ2v) is 5.71. The highest BCUT2D eigenvalue weighted by Crippen LogP contribution is 2.31. The Morgan fingerprint density at radius 1 is 1.33 bits per heavy atom. The van der Waals surface area contributed by atoms with E-state index in [1.54, 1.807) is 25.2 Å². The number of likely N-dealkylation sites (N-methyl/N-ethyl adjacent to an activating group) is 1. The third kappa shape index (κ3) is 4.21. The second-order valence-electron chi connectivity index (χ2n) is 5.71. The molecule has 114 valence electrons. The molecule has 0 bridgehead atoms. The lowest BCUT2D eigenvalue weighted by Gasteiger charge is -2.21. The molecule has 1 aromatic rings. The molecular formula is C16H22N2O3. The molecule has 0 spiro atoms. The average Bonchev–Trinajstić information content (AvgIpc) is 3.28. The summed E-state index contributed by atoms with van der Waals surface area (Å²) in [5, 5.41) is 2.64. The summed E-state index contributed by atoms with van der Waals surface area (Å²) in [5.74, 6) is 0.0379. The van der Waals surface area contributed by atoms with E-state index in [0.717, 1.165) is 0 Å². The van der Waals surface area contributed by atoms with E-state index in [-0.39, 0.29) is 6.04 Å². The van der Waals surface area contributed by atoms with E-state index in [9.17, 15) is 9.59 Å². The standard InChI is InChI=1S/C16H22N2O3/c1-11(2)18(3)16(20)15(19)17-13-6-4-5-7-14(13)21-10-12-8-9-12/h4-7,11-12H,8-10H2,1-3H3,(H,17,19). The Balaban J connectivity index is 2.00. The number of nitrogens with zero attached hydrogens (tertiary/aromatic N) is 1. The second kappa shape index (κ2) is 6.61. The minimum Gasteiger partial charge on any atom is -0.491 e. The number of carbonyl (C=O) groups excluding carboxylic acids is 2. The molecule has 0 aliphatic heterocycles. The Bertz CT molecular complexity index is 524. The van der Waals surface area contributed by atoms with Gasteiger partial charge in [0.1, 0.15) is 5.75 Å². The molecule has 21 heavy (non-hydrogen) atoms. The predicted octanol–water partition coefficient (Wildman–Crippen LogP) is 2.28. The van der Waals surface area contributed by atoms with E-state index in [1.807, 2.05) is 19.9 Å². The van der Waals surface area contributed by atoms with Crippen LogP contribution in [0.4, 0.5) is 5.69 Å². The van der Waals surface area contributed by atoms with E-state index in [0.29, 0.717) is 24.0 Å². The van der Waals surface area contributed by atoms with E-state index in [4.69, 9.17) is 4.74 Å². The van der Waals surface area contributed by atoms with Crippen molar-refractivity contribution >= 4 is 17.5 Å². The van der Waals surface area contributed by atoms with Crippen LogP contribution in [0.2, 0.25) is 0 Å². The molecule has 1 aromatic carbocycles. The van der Waals surface area contributed by atoms with Gasteiger partial charge in [-0.15, -0.1) is 0 Å². The van der Waals surface area contributed by atoms with Gasteiger partial charge in [0.05, 0.1) is 12.3 Å². The Morgan fingerprint density at radius 2 is 2.00 bits per heavy atom. The number of hydrogen-bond acceptors (Lipinski definition) is 3. The summed E-state index contributed by atoms with van der Waals surface area (Å²) in [5.41, 5.74) is 0.536. The minimum atomic E-state index is -0.645. The zero-order valence-corrected chi connectivity index (χ0v) is 12.8. The third-order valence-corrected chi connectivity index (χ3v) is 3.60. The topological polar surface area (TPSA) is 58.6 Å². The number of ether oxygens (including phenoxy) is 1. The highest BCUT2D eigenvalue weighted by Gasteiger charge is 2.24. The molecule has 0 radical (unpaired) electrons. The first-order valence-corrected chi connectivity index (χ1v) is 7.29. The first-order valence-electron chi connectivity index (χ1n) is 7.29. The van der Waals surface area contributed by atoms with Crippen molar-refractivity contribution in [2.24, 2.45) is 5.92 Å². The molecule has 5 heteroatoms. The van der Waals surface area contributed by atoms with Gasteiger partial charge >= 0.3 is 11.8 Å². The Labute approximate surface area is 125 Å². The van der Waals surface area contributed by atoms with Gasteiger partial charge in [0.15, 0.2) is 0 Å². The molecule has 2 rings (SSSR count). The van der Waals surface area contributed by atoms with Gasteiger partial charge in [-0.1, -0.05) is 12.1 Å². The van der Waals surface area contributed by atoms with E-state index >= 15 is 0 Å². The lowest BCUT2D eigenvalue weighted by Crippen LogP contribution is -2.40. The summed E-state index contributed by atoms with van der Waals surface area (Å²) in [7, 11) is 1.61. The molecule has 1 aliphatic rings. The number of carbonyl (C=O) groups is 2. The van der Waals surface area contributed by atoms with Crippen LogP contribution in [0.25, 0.3) is 0 Å². The van der Waals surface area contributed by atoms with Crippen LogP contribution in [0.3, 0.4) is 0 Å². The first-order chi connectivity index (χ1) is 9.99. The van der Waals surface area contributed by atoms with Crippen LogP contribution >= 0.6 is 0 Å². The van der Waals surface area contributed by atoms with Gasteiger partial charge in [-0.3, -0.25) is 9.59 Å². The highest BCUT2D eigenvalue weighted by atomic mass is 16.5. The van der Waals surface area contributed by atoms with Crippen molar-refractivity contribution in [3.63, 3.8) is 0 Å². The zero-order chi connectivity index (χ0) is 15.4. The fourth-order valence-electron chi connectivity index (χ4n) is 1.76. The Morgan fingerprint density at radius 3 is 2.62 bits per heavy atom. The van der Waals surface area contributed by atoms with Crippen molar-refractivity contribution in [1.82, 2.24) is 4.90 Å². The predicted molar refractivity (Wildman–Crippen MR) is 81.2 cm³/mol. The van der Waals surface area contributed by atoms with Crippen LogP contribution in [-0.2, 0) is 9.59 Å². The van der Waals surface area contributed by atoms with Gasteiger partial charge in [-0.25, -0.2) is 0 Å². The maximum Gasteiger partial charge on any atom is 0.314 e. The monoisotopic (exact) mass is 290 g/mol. The summed E-state index contributed by atoms with van der Waals surface area (Å²) >= 11 is 0. The fraction of sp³-hybridized carbons (Fsp3) is 0.500. The number of hydrogen-bond donors (Lipinski definition) is 1. The van der Waals surface area contributed by atoms with Crippen LogP contribution in [0.1, 0.15) is 26.7 Å². The van der Waals surface area contributed by atoms with Crippen LogP contribution in [-0.4, -0.2) is 36.4 Å². The van der Waals surface area contributed by atoms with Gasteiger partial charge in [-0.2, -0.15) is 0 Å². The maximum atomic E-state index is 12.0. The summed E-state index contributed by atoms with van der Waals surface area (Å²) in [4.78, 5) is 25.4. The largest absolute Gasteiger partial charge is 0.491 e. The molecule has 0 aromatic heterocycles. The summed E-state index contributed by atoms with van der Waals surface area (Å²) in [6.07, 6.45) is 2.40. The molecule has 0 atom stereocenters. The molecule has 0 heterocycles. The Kier molecular flexibility index (Phi) is 4.83. The fourth-order valence-corrected chi connectivity index (χ4v) is 1.76. The van der Waals surface area contributed by atoms with Gasteiger partial charge < -0.3 is 15.0 Å². The quantitative estimate of drug-likeness (QED) is 0.846. The molecule has 0 unspecified atom stereocenters. The third-order valence-electron chi connectivity index (χ3n) is 3.60. The maximum absolute atomic E-state index is 12.0. The molecule has 1 fully saturated rings. The number of nitrogens with one attached hydrogen (secondary N) is 1. The van der Waals surface area contributed by atoms with Crippen molar-refractivity contribution < 1.29 is 14.3 Å². The van der Waals surface area contributed by atoms with Crippen LogP contribution in [0, 0.1) is 5.92 Å². The van der Waals surface area contributed by atoms with Gasteiger partial charge in [0.2, 0.25) is 0 Å². The van der Waals surface area contributed by atoms with E-state index in [1.165, 1.54) is 17.7 Å². The lowest BCUT2D eigenvalue weighted by molar-refractivity contribution is -0.143. The smallest absolute Gasteiger partial charge is 0.314 e. The number of rotatable bonds is 5. The van der Waals surface area contributed by atoms with Crippen LogP contribution in [0.5, 0.6) is 5.75 Å². The van der Waals surface area contributed by atoms with Crippen LogP contribution in [0.15, 0.2) is 24.3 Å². The molecule has 1 saturated carbocycles. The zero-order valence-electron chi connectivity index (χ0n) is 12.8. The van der Waals surface area contributed by atoms with Gasteiger partial charge in [0, 0.05) is 13.1 Å². The van der Waals surface area contributed by atoms with E-state index < -0.39 is 11.8 Å². The summed E-state index contributed by atoms with van der Waals surface area (Å²) in [6.45, 7) is 4.38. The minimum absolute atomic E-state index is 0.0235. The van der Waals surface area contributed by atoms with Crippen molar-refractivity contribution in [3.05, 3.63) is 24.3 Å². The van der Waals surface area contributed by atoms with Crippen molar-refractivity contribution in [2.45, 2.75) is 32.7 Å². The molecule has 1 aliphatic carbocycles. The number of para-hydroxylation sites is 2. The van der Waals surface area contributed by atoms with Gasteiger partial charge in [0.25, 0.3) is 0 Å². The lowest BCUT2D eigenvalue weighted by atomic mass is 10.2. The average molecular weight is 290 g/mol. The molecule has 2 amide bonds. The molecule has 1 N–H and O–H groups in total. The number of amides is 2. The number of benzene rings is 1. The molecule has 0 saturated heterocycles. The van der Waals surface area contributed by atoms with Gasteiger partial charge in [-0.05, 0) is 44.7 Å². The van der Waals surface area contributed by atoms with Crippen molar-refractivity contribution in [2.75, 3.05) is 19.0 Å². The SMILES string of the molecule is CC(C)N(C)C(=O)C(=O)Nc1ccccc1OCC1CC1. The molecule has 5 nitrogen and oxygen atoms in total. The van der Waals surface area contributed by atoms with Crippen molar-refractivity contribution in [3.8, 4) is 5.75 Å². The van der Waals surface area contributed by atoms with Crippen molar-refractivity contribution in [1.29, 1.82) is 0 Å². The summed E-state index contributed by atoms with van der Waals surface area (Å²) in [6, 6.07) is 7.16. The van der Waals surface area contributed by atoms with E-state index in [2.05, 4.69) is 5.32 Å². The number of anilines is 1. The highest BCUT2D eigenvalue weighted by molar-refractivity contribution is 6.39. The Hall–Kier alpha value is -2.04. The normalized spacial score (nSPS) is 13.9. The summed E-state index contributed by atoms with van der Waals surface area (Å²) < 4.78 is 5.71.